The van der Waals surface area contributed by atoms with Crippen LogP contribution in [0.25, 0.3) is 0 Å². The average Bonchev–Trinajstić information content (AvgIpc) is 2.76. The minimum absolute atomic E-state index is 0.0775. The lowest BCUT2D eigenvalue weighted by Gasteiger charge is -2.35. The Morgan fingerprint density at radius 3 is 2.85 bits per heavy atom. The van der Waals surface area contributed by atoms with Crippen molar-refractivity contribution in [3.63, 3.8) is 0 Å². The van der Waals surface area contributed by atoms with Gasteiger partial charge in [-0.2, -0.15) is 5.10 Å². The lowest BCUT2D eigenvalue weighted by Crippen LogP contribution is -2.59. The van der Waals surface area contributed by atoms with Crippen LogP contribution in [0.4, 0.5) is 0 Å². The lowest BCUT2D eigenvalue weighted by atomic mass is 10.1. The first-order valence-electron chi connectivity index (χ1n) is 6.75. The molecule has 0 bridgehead atoms. The van der Waals surface area contributed by atoms with Crippen molar-refractivity contribution in [2.75, 3.05) is 26.7 Å². The Bertz CT molecular complexity index is 511. The van der Waals surface area contributed by atoms with Gasteiger partial charge in [0.2, 0.25) is 11.8 Å². The van der Waals surface area contributed by atoms with Gasteiger partial charge in [-0.1, -0.05) is 0 Å². The molecule has 1 aliphatic rings. The molecule has 0 aromatic carbocycles. The number of hydrogen-bond donors (Lipinski definition) is 2. The molecule has 1 saturated heterocycles. The Kier molecular flexibility index (Phi) is 4.39. The van der Waals surface area contributed by atoms with Crippen molar-refractivity contribution in [3.05, 3.63) is 17.5 Å². The lowest BCUT2D eigenvalue weighted by molar-refractivity contribution is -0.142. The summed E-state index contributed by atoms with van der Waals surface area (Å²) in [7, 11) is 1.58. The number of carbonyl (C=O) groups excluding carboxylic acids is 2. The minimum atomic E-state index is -0.446. The van der Waals surface area contributed by atoms with E-state index in [1.807, 2.05) is 19.9 Å². The SMILES string of the molecule is CNC(=O)C1CNCCN1C(=O)Cn1nc(C)cc1C. The van der Waals surface area contributed by atoms with Crippen LogP contribution in [0.2, 0.25) is 0 Å². The van der Waals surface area contributed by atoms with Gasteiger partial charge in [0, 0.05) is 32.4 Å². The molecule has 110 valence electrons. The van der Waals surface area contributed by atoms with Crippen molar-refractivity contribution in [1.29, 1.82) is 0 Å². The third kappa shape index (κ3) is 2.98. The van der Waals surface area contributed by atoms with Gasteiger partial charge < -0.3 is 15.5 Å². The van der Waals surface area contributed by atoms with Gasteiger partial charge in [-0.15, -0.1) is 0 Å². The summed E-state index contributed by atoms with van der Waals surface area (Å²) >= 11 is 0. The topological polar surface area (TPSA) is 79.3 Å². The molecule has 1 unspecified atom stereocenters. The van der Waals surface area contributed by atoms with Crippen LogP contribution in [0.1, 0.15) is 11.4 Å². The first kappa shape index (κ1) is 14.5. The van der Waals surface area contributed by atoms with E-state index in [1.165, 1.54) is 0 Å². The molecule has 0 aliphatic carbocycles. The number of aromatic nitrogens is 2. The molecule has 7 nitrogen and oxygen atoms in total. The van der Waals surface area contributed by atoms with Crippen molar-refractivity contribution in [1.82, 2.24) is 25.3 Å². The van der Waals surface area contributed by atoms with E-state index in [0.717, 1.165) is 11.4 Å². The van der Waals surface area contributed by atoms with Crippen LogP contribution in [-0.4, -0.2) is 59.2 Å². The van der Waals surface area contributed by atoms with Gasteiger partial charge in [-0.25, -0.2) is 0 Å². The van der Waals surface area contributed by atoms with E-state index in [2.05, 4.69) is 15.7 Å². The van der Waals surface area contributed by atoms with E-state index in [9.17, 15) is 9.59 Å². The summed E-state index contributed by atoms with van der Waals surface area (Å²) in [6, 6.07) is 1.49. The number of amides is 2. The van der Waals surface area contributed by atoms with Crippen molar-refractivity contribution in [2.45, 2.75) is 26.4 Å². The molecule has 1 fully saturated rings. The summed E-state index contributed by atoms with van der Waals surface area (Å²) < 4.78 is 1.68. The third-order valence-electron chi connectivity index (χ3n) is 3.50. The quantitative estimate of drug-likeness (QED) is 0.747. The molecule has 20 heavy (non-hydrogen) atoms. The van der Waals surface area contributed by atoms with E-state index < -0.39 is 6.04 Å². The highest BCUT2D eigenvalue weighted by Gasteiger charge is 2.31. The van der Waals surface area contributed by atoms with Gasteiger partial charge in [0.25, 0.3) is 0 Å². The van der Waals surface area contributed by atoms with Gasteiger partial charge >= 0.3 is 0 Å². The molecule has 1 aromatic rings. The van der Waals surface area contributed by atoms with Crippen LogP contribution in [0.15, 0.2) is 6.07 Å². The Labute approximate surface area is 118 Å². The van der Waals surface area contributed by atoms with E-state index >= 15 is 0 Å². The van der Waals surface area contributed by atoms with Crippen molar-refractivity contribution in [3.8, 4) is 0 Å². The maximum absolute atomic E-state index is 12.4. The maximum Gasteiger partial charge on any atom is 0.245 e. The van der Waals surface area contributed by atoms with Crippen LogP contribution < -0.4 is 10.6 Å². The normalized spacial score (nSPS) is 18.9. The van der Waals surface area contributed by atoms with Crippen molar-refractivity contribution in [2.24, 2.45) is 0 Å². The number of nitrogens with zero attached hydrogens (tertiary/aromatic N) is 3. The number of likely N-dealkylation sites (N-methyl/N-ethyl adjacent to an activating group) is 1. The highest BCUT2D eigenvalue weighted by molar-refractivity contribution is 5.87. The summed E-state index contributed by atoms with van der Waals surface area (Å²) in [5, 5.41) is 10.0. The second-order valence-corrected chi connectivity index (χ2v) is 5.01. The van der Waals surface area contributed by atoms with E-state index in [4.69, 9.17) is 0 Å². The molecule has 2 N–H and O–H groups in total. The predicted molar refractivity (Wildman–Crippen MR) is 74.1 cm³/mol. The van der Waals surface area contributed by atoms with Crippen molar-refractivity contribution >= 4 is 11.8 Å². The molecule has 0 radical (unpaired) electrons. The van der Waals surface area contributed by atoms with Crippen LogP contribution in [0.3, 0.4) is 0 Å². The predicted octanol–water partition coefficient (Wildman–Crippen LogP) is -0.954. The number of rotatable bonds is 3. The van der Waals surface area contributed by atoms with Gasteiger partial charge in [0.05, 0.1) is 5.69 Å². The molecule has 0 saturated carbocycles. The zero-order valence-electron chi connectivity index (χ0n) is 12.1. The molecule has 7 heteroatoms. The Morgan fingerprint density at radius 2 is 2.25 bits per heavy atom. The third-order valence-corrected chi connectivity index (χ3v) is 3.50. The van der Waals surface area contributed by atoms with E-state index in [1.54, 1.807) is 16.6 Å². The molecule has 1 aliphatic heterocycles. The fraction of sp³-hybridized carbons (Fsp3) is 0.615. The molecule has 1 aromatic heterocycles. The zero-order valence-corrected chi connectivity index (χ0v) is 12.1. The Morgan fingerprint density at radius 1 is 1.50 bits per heavy atom. The number of nitrogens with one attached hydrogen (secondary N) is 2. The first-order chi connectivity index (χ1) is 9.52. The molecule has 2 amide bonds. The standard InChI is InChI=1S/C13H21N5O2/c1-9-6-10(2)18(16-9)8-12(19)17-5-4-15-7-11(17)13(20)14-3/h6,11,15H,4-5,7-8H2,1-3H3,(H,14,20). The molecule has 2 heterocycles. The van der Waals surface area contributed by atoms with Crippen LogP contribution in [0.5, 0.6) is 0 Å². The van der Waals surface area contributed by atoms with E-state index in [-0.39, 0.29) is 18.4 Å². The average molecular weight is 279 g/mol. The molecular formula is C13H21N5O2. The summed E-state index contributed by atoms with van der Waals surface area (Å²) in [6.07, 6.45) is 0. The second kappa shape index (κ2) is 6.04. The number of carbonyl (C=O) groups is 2. The number of hydrogen-bond acceptors (Lipinski definition) is 4. The zero-order chi connectivity index (χ0) is 14.7. The first-order valence-corrected chi connectivity index (χ1v) is 6.75. The number of piperazine rings is 1. The highest BCUT2D eigenvalue weighted by Crippen LogP contribution is 2.08. The molecular weight excluding hydrogens is 258 g/mol. The number of aryl methyl sites for hydroxylation is 2. The van der Waals surface area contributed by atoms with Crippen LogP contribution in [0, 0.1) is 13.8 Å². The van der Waals surface area contributed by atoms with E-state index in [0.29, 0.717) is 19.6 Å². The molecule has 1 atom stereocenters. The van der Waals surface area contributed by atoms with Gasteiger partial charge in [0.1, 0.15) is 12.6 Å². The van der Waals surface area contributed by atoms with Gasteiger partial charge in [-0.3, -0.25) is 14.3 Å². The van der Waals surface area contributed by atoms with Crippen molar-refractivity contribution < 1.29 is 9.59 Å². The molecule has 0 spiro atoms. The molecule has 2 rings (SSSR count). The largest absolute Gasteiger partial charge is 0.357 e. The smallest absolute Gasteiger partial charge is 0.245 e. The monoisotopic (exact) mass is 279 g/mol. The second-order valence-electron chi connectivity index (χ2n) is 5.01. The van der Waals surface area contributed by atoms with Crippen LogP contribution in [-0.2, 0) is 16.1 Å². The summed E-state index contributed by atoms with van der Waals surface area (Å²) in [4.78, 5) is 25.9. The van der Waals surface area contributed by atoms with Crippen LogP contribution >= 0.6 is 0 Å². The Balaban J connectivity index is 2.10. The minimum Gasteiger partial charge on any atom is -0.357 e. The van der Waals surface area contributed by atoms with Gasteiger partial charge in [0.15, 0.2) is 0 Å². The fourth-order valence-corrected chi connectivity index (χ4v) is 2.46. The van der Waals surface area contributed by atoms with Gasteiger partial charge in [-0.05, 0) is 19.9 Å². The summed E-state index contributed by atoms with van der Waals surface area (Å²) in [5.41, 5.74) is 1.83. The fourth-order valence-electron chi connectivity index (χ4n) is 2.46. The summed E-state index contributed by atoms with van der Waals surface area (Å²) in [5.74, 6) is -0.217. The maximum atomic E-state index is 12.4. The highest BCUT2D eigenvalue weighted by atomic mass is 16.2. The Hall–Kier alpha value is -1.89. The summed E-state index contributed by atoms with van der Waals surface area (Å²) in [6.45, 7) is 5.72.